The van der Waals surface area contributed by atoms with Gasteiger partial charge >= 0.3 is 6.09 Å². The highest BCUT2D eigenvalue weighted by Crippen LogP contribution is 2.32. The molecule has 42 heavy (non-hydrogen) atoms. The number of piperidine rings is 1. The third-order valence-electron chi connectivity index (χ3n) is 6.39. The Morgan fingerprint density at radius 1 is 1.14 bits per heavy atom. The topological polar surface area (TPSA) is 192 Å². The zero-order valence-electron chi connectivity index (χ0n) is 24.1. The highest BCUT2D eigenvalue weighted by Gasteiger charge is 2.40. The Bertz CT molecular complexity index is 1230. The molecule has 0 saturated carbocycles. The first-order valence-corrected chi connectivity index (χ1v) is 13.7. The fourth-order valence-corrected chi connectivity index (χ4v) is 4.40. The third kappa shape index (κ3) is 9.43. The Hall–Kier alpha value is -4.20. The Kier molecular flexibility index (Phi) is 11.7. The first kappa shape index (κ1) is 32.3. The average molecular weight is 588 g/mol. The van der Waals surface area contributed by atoms with Gasteiger partial charge in [0.2, 0.25) is 17.7 Å². The Morgan fingerprint density at radius 2 is 1.86 bits per heavy atom. The number of imide groups is 1. The highest BCUT2D eigenvalue weighted by molar-refractivity contribution is 6.06. The minimum Gasteiger partial charge on any atom is -0.444 e. The second-order valence-corrected chi connectivity index (χ2v) is 10.7. The van der Waals surface area contributed by atoms with Crippen LogP contribution in [0.5, 0.6) is 0 Å². The van der Waals surface area contributed by atoms with Crippen molar-refractivity contribution in [2.24, 2.45) is 5.11 Å². The van der Waals surface area contributed by atoms with Crippen LogP contribution in [0.15, 0.2) is 23.3 Å². The smallest absolute Gasteiger partial charge is 0.410 e. The molecular weight excluding hydrogens is 550 g/mol. The Morgan fingerprint density at radius 3 is 2.52 bits per heavy atom. The van der Waals surface area contributed by atoms with E-state index in [2.05, 4.69) is 20.7 Å². The van der Waals surface area contributed by atoms with Crippen molar-refractivity contribution in [2.75, 3.05) is 51.4 Å². The molecule has 5 amide bonds. The molecule has 15 nitrogen and oxygen atoms in total. The van der Waals surface area contributed by atoms with E-state index >= 15 is 0 Å². The predicted octanol–water partition coefficient (Wildman–Crippen LogP) is 2.36. The number of carbonyl (C=O) groups excluding carboxylic acids is 5. The number of hydrogen-bond acceptors (Lipinski definition) is 9. The normalized spacial score (nSPS) is 16.4. The first-order valence-electron chi connectivity index (χ1n) is 13.7. The van der Waals surface area contributed by atoms with Crippen LogP contribution in [0, 0.1) is 0 Å². The molecule has 3 rings (SSSR count). The van der Waals surface area contributed by atoms with Gasteiger partial charge in [0, 0.05) is 54.3 Å². The average Bonchev–Trinajstić information content (AvgIpc) is 3.25. The lowest BCUT2D eigenvalue weighted by Gasteiger charge is -2.29. The first-order chi connectivity index (χ1) is 20.0. The SMILES string of the molecule is CC(C)(C)OC(=O)N(CCOCCN=[N+]=[N-])CCOCCC(=O)Nc1cccc2c1CN(C1CCC(=O)NC1=O)C2=O. The van der Waals surface area contributed by atoms with E-state index in [-0.39, 0.29) is 89.6 Å². The van der Waals surface area contributed by atoms with Gasteiger partial charge in [0.15, 0.2) is 0 Å². The fourth-order valence-electron chi connectivity index (χ4n) is 4.40. The van der Waals surface area contributed by atoms with Crippen molar-refractivity contribution in [1.82, 2.24) is 15.1 Å². The molecule has 228 valence electrons. The summed E-state index contributed by atoms with van der Waals surface area (Å²) in [6.07, 6.45) is -0.0911. The Balaban J connectivity index is 1.46. The van der Waals surface area contributed by atoms with E-state index in [1.165, 1.54) is 9.80 Å². The number of benzene rings is 1. The Labute approximate surface area is 243 Å². The van der Waals surface area contributed by atoms with Crippen molar-refractivity contribution in [2.45, 2.75) is 58.2 Å². The molecule has 0 radical (unpaired) electrons. The van der Waals surface area contributed by atoms with E-state index < -0.39 is 23.6 Å². The van der Waals surface area contributed by atoms with Crippen LogP contribution in [0.4, 0.5) is 10.5 Å². The molecule has 2 N–H and O–H groups in total. The van der Waals surface area contributed by atoms with Crippen LogP contribution in [0.25, 0.3) is 10.4 Å². The molecule has 1 aromatic carbocycles. The van der Waals surface area contributed by atoms with Crippen molar-refractivity contribution in [3.63, 3.8) is 0 Å². The standard InChI is InChI=1S/C27H37N7O8/c1-27(2,3)42-26(39)33(12-16-41-14-10-29-32-28)11-15-40-13-9-23(36)30-20-6-4-5-18-19(20)17-34(25(18)38)21-7-8-22(35)31-24(21)37/h4-6,21H,7-17H2,1-3H3,(H,30,36)(H,31,35,37). The summed E-state index contributed by atoms with van der Waals surface area (Å²) in [7, 11) is 0. The van der Waals surface area contributed by atoms with Gasteiger partial charge in [0.25, 0.3) is 5.91 Å². The maximum absolute atomic E-state index is 13.0. The van der Waals surface area contributed by atoms with Crippen LogP contribution < -0.4 is 10.6 Å². The van der Waals surface area contributed by atoms with Crippen LogP contribution in [-0.2, 0) is 35.1 Å². The molecule has 0 spiro atoms. The van der Waals surface area contributed by atoms with E-state index in [1.54, 1.807) is 39.0 Å². The van der Waals surface area contributed by atoms with Crippen LogP contribution in [0.3, 0.4) is 0 Å². The summed E-state index contributed by atoms with van der Waals surface area (Å²) in [4.78, 5) is 67.5. The maximum Gasteiger partial charge on any atom is 0.410 e. The van der Waals surface area contributed by atoms with Gasteiger partial charge in [0.1, 0.15) is 11.6 Å². The van der Waals surface area contributed by atoms with E-state index in [0.29, 0.717) is 16.8 Å². The van der Waals surface area contributed by atoms with Gasteiger partial charge in [0.05, 0.1) is 32.8 Å². The maximum atomic E-state index is 13.0. The molecule has 1 aromatic rings. The van der Waals surface area contributed by atoms with Gasteiger partial charge in [-0.15, -0.1) is 0 Å². The van der Waals surface area contributed by atoms with Crippen molar-refractivity contribution < 1.29 is 38.2 Å². The molecule has 1 fully saturated rings. The number of hydrogen-bond donors (Lipinski definition) is 2. The summed E-state index contributed by atoms with van der Waals surface area (Å²) in [6, 6.07) is 4.24. The van der Waals surface area contributed by atoms with E-state index in [4.69, 9.17) is 19.7 Å². The number of nitrogens with one attached hydrogen (secondary N) is 2. The summed E-state index contributed by atoms with van der Waals surface area (Å²) in [5.41, 5.74) is 9.11. The van der Waals surface area contributed by atoms with Gasteiger partial charge < -0.3 is 29.3 Å². The van der Waals surface area contributed by atoms with Crippen LogP contribution >= 0.6 is 0 Å². The molecule has 1 unspecified atom stereocenters. The molecule has 0 aliphatic carbocycles. The van der Waals surface area contributed by atoms with Gasteiger partial charge in [-0.2, -0.15) is 0 Å². The monoisotopic (exact) mass is 587 g/mol. The van der Waals surface area contributed by atoms with Crippen molar-refractivity contribution in [3.05, 3.63) is 39.8 Å². The largest absolute Gasteiger partial charge is 0.444 e. The fraction of sp³-hybridized carbons (Fsp3) is 0.593. The number of carbonyl (C=O) groups is 5. The van der Waals surface area contributed by atoms with Crippen LogP contribution in [0.1, 0.15) is 56.0 Å². The number of anilines is 1. The molecular formula is C27H37N7O8. The second kappa shape index (κ2) is 15.1. The van der Waals surface area contributed by atoms with Crippen LogP contribution in [0.2, 0.25) is 0 Å². The van der Waals surface area contributed by atoms with Crippen molar-refractivity contribution >= 4 is 35.4 Å². The van der Waals surface area contributed by atoms with Crippen LogP contribution in [-0.4, -0.2) is 97.2 Å². The third-order valence-corrected chi connectivity index (χ3v) is 6.39. The van der Waals surface area contributed by atoms with Gasteiger partial charge in [-0.25, -0.2) is 4.79 Å². The summed E-state index contributed by atoms with van der Waals surface area (Å²) >= 11 is 0. The molecule has 0 bridgehead atoms. The summed E-state index contributed by atoms with van der Waals surface area (Å²) < 4.78 is 16.4. The molecule has 1 saturated heterocycles. The minimum atomic E-state index is -0.746. The van der Waals surface area contributed by atoms with Gasteiger partial charge in [-0.05, 0) is 44.9 Å². The van der Waals surface area contributed by atoms with Gasteiger partial charge in [-0.3, -0.25) is 24.5 Å². The highest BCUT2D eigenvalue weighted by atomic mass is 16.6. The number of amides is 5. The molecule has 2 aliphatic heterocycles. The lowest BCUT2D eigenvalue weighted by Crippen LogP contribution is -2.52. The van der Waals surface area contributed by atoms with Crippen molar-refractivity contribution in [1.29, 1.82) is 0 Å². The lowest BCUT2D eigenvalue weighted by molar-refractivity contribution is -0.137. The summed E-state index contributed by atoms with van der Waals surface area (Å²) in [5, 5.41) is 8.47. The molecule has 1 atom stereocenters. The van der Waals surface area contributed by atoms with Gasteiger partial charge in [-0.1, -0.05) is 11.2 Å². The quantitative estimate of drug-likeness (QED) is 0.109. The lowest BCUT2D eigenvalue weighted by atomic mass is 10.0. The van der Waals surface area contributed by atoms with Crippen molar-refractivity contribution in [3.8, 4) is 0 Å². The summed E-state index contributed by atoms with van der Waals surface area (Å²) in [6.45, 7) is 6.76. The van der Waals surface area contributed by atoms with E-state index in [9.17, 15) is 24.0 Å². The number of nitrogens with zero attached hydrogens (tertiary/aromatic N) is 5. The number of rotatable bonds is 14. The summed E-state index contributed by atoms with van der Waals surface area (Å²) in [5.74, 6) is -1.51. The number of fused-ring (bicyclic) bond motifs is 1. The molecule has 2 heterocycles. The zero-order chi connectivity index (χ0) is 30.7. The predicted molar refractivity (Wildman–Crippen MR) is 149 cm³/mol. The molecule has 0 aromatic heterocycles. The number of ether oxygens (including phenoxy) is 3. The van der Waals surface area contributed by atoms with E-state index in [1.807, 2.05) is 0 Å². The molecule has 15 heteroatoms. The molecule has 2 aliphatic rings. The minimum absolute atomic E-state index is 0.0312. The second-order valence-electron chi connectivity index (χ2n) is 10.7. The zero-order valence-corrected chi connectivity index (χ0v) is 24.1. The van der Waals surface area contributed by atoms with E-state index in [0.717, 1.165) is 0 Å². The number of azide groups is 1.